The number of hydrogen-bond acceptors (Lipinski definition) is 5. The van der Waals surface area contributed by atoms with Crippen LogP contribution in [0.2, 0.25) is 0 Å². The van der Waals surface area contributed by atoms with Gasteiger partial charge in [0.15, 0.2) is 6.29 Å². The monoisotopic (exact) mass is 263 g/mol. The molecule has 3 nitrogen and oxygen atoms in total. The van der Waals surface area contributed by atoms with E-state index in [2.05, 4.69) is 5.32 Å². The molecule has 2 rings (SSSR count). The Morgan fingerprint density at radius 3 is 3.00 bits per heavy atom. The van der Waals surface area contributed by atoms with Gasteiger partial charge in [0, 0.05) is 30.7 Å². The van der Waals surface area contributed by atoms with Gasteiger partial charge in [0.2, 0.25) is 0 Å². The smallest absolute Gasteiger partial charge is 0.157 e. The predicted molar refractivity (Wildman–Crippen MR) is 70.9 cm³/mol. The van der Waals surface area contributed by atoms with E-state index in [0.717, 1.165) is 26.2 Å². The molecular weight excluding hydrogens is 242 g/mol. The van der Waals surface area contributed by atoms with E-state index in [9.17, 15) is 0 Å². The molecule has 2 atom stereocenters. The SMILES string of the molecule is C1CCC(OCCNC2CCSSC2)OC1. The molecule has 2 fully saturated rings. The maximum Gasteiger partial charge on any atom is 0.157 e. The van der Waals surface area contributed by atoms with Crippen LogP contribution in [0.4, 0.5) is 0 Å². The van der Waals surface area contributed by atoms with Gasteiger partial charge < -0.3 is 14.8 Å². The molecule has 0 saturated carbocycles. The zero-order chi connectivity index (χ0) is 11.1. The quantitative estimate of drug-likeness (QED) is 0.607. The van der Waals surface area contributed by atoms with Crippen molar-refractivity contribution in [2.45, 2.75) is 38.0 Å². The molecule has 2 unspecified atom stereocenters. The summed E-state index contributed by atoms with van der Waals surface area (Å²) < 4.78 is 11.2. The molecule has 0 aromatic rings. The van der Waals surface area contributed by atoms with E-state index in [4.69, 9.17) is 9.47 Å². The number of nitrogens with one attached hydrogen (secondary N) is 1. The number of ether oxygens (including phenoxy) is 2. The lowest BCUT2D eigenvalue weighted by atomic mass is 10.2. The van der Waals surface area contributed by atoms with Gasteiger partial charge in [-0.3, -0.25) is 0 Å². The number of rotatable bonds is 5. The lowest BCUT2D eigenvalue weighted by Crippen LogP contribution is -2.36. The molecule has 0 amide bonds. The highest BCUT2D eigenvalue weighted by Crippen LogP contribution is 2.28. The predicted octanol–water partition coefficient (Wildman–Crippen LogP) is 2.27. The van der Waals surface area contributed by atoms with Crippen LogP contribution in [-0.4, -0.2) is 43.6 Å². The Kier molecular flexibility index (Phi) is 6.36. The Hall–Kier alpha value is 0.580. The van der Waals surface area contributed by atoms with Crippen molar-refractivity contribution in [3.8, 4) is 0 Å². The second-order valence-corrected chi connectivity index (χ2v) is 6.84. The molecule has 0 bridgehead atoms. The molecule has 2 aliphatic heterocycles. The molecular formula is C11H21NO2S2. The Labute approximate surface area is 106 Å². The van der Waals surface area contributed by atoms with E-state index in [0.29, 0.717) is 6.04 Å². The third kappa shape index (κ3) is 4.84. The standard InChI is InChI=1S/C11H21NO2S2/c1-2-6-13-11(3-1)14-7-5-12-10-4-8-15-16-9-10/h10-12H,1-9H2. The summed E-state index contributed by atoms with van der Waals surface area (Å²) in [7, 11) is 3.96. The Balaban J connectivity index is 1.47. The molecule has 5 heteroatoms. The minimum Gasteiger partial charge on any atom is -0.353 e. The summed E-state index contributed by atoms with van der Waals surface area (Å²) in [5.74, 6) is 2.50. The van der Waals surface area contributed by atoms with Crippen LogP contribution in [0.5, 0.6) is 0 Å². The fourth-order valence-corrected chi connectivity index (χ4v) is 4.39. The summed E-state index contributed by atoms with van der Waals surface area (Å²) in [4.78, 5) is 0. The summed E-state index contributed by atoms with van der Waals surface area (Å²) in [6, 6.07) is 0.683. The molecule has 1 N–H and O–H groups in total. The summed E-state index contributed by atoms with van der Waals surface area (Å²) >= 11 is 0. The summed E-state index contributed by atoms with van der Waals surface area (Å²) in [6.07, 6.45) is 4.85. The van der Waals surface area contributed by atoms with Gasteiger partial charge in [-0.2, -0.15) is 0 Å². The molecule has 0 aromatic heterocycles. The molecule has 2 heterocycles. The van der Waals surface area contributed by atoms with Gasteiger partial charge in [0.05, 0.1) is 6.61 Å². The van der Waals surface area contributed by atoms with Crippen molar-refractivity contribution in [1.29, 1.82) is 0 Å². The van der Waals surface area contributed by atoms with Crippen LogP contribution in [-0.2, 0) is 9.47 Å². The van der Waals surface area contributed by atoms with Crippen molar-refractivity contribution in [3.63, 3.8) is 0 Å². The van der Waals surface area contributed by atoms with Crippen molar-refractivity contribution >= 4 is 21.6 Å². The largest absolute Gasteiger partial charge is 0.353 e. The highest BCUT2D eigenvalue weighted by Gasteiger charge is 2.15. The van der Waals surface area contributed by atoms with E-state index in [-0.39, 0.29) is 6.29 Å². The first-order valence-corrected chi connectivity index (χ1v) is 8.65. The first-order valence-electron chi connectivity index (χ1n) is 6.16. The number of hydrogen-bond donors (Lipinski definition) is 1. The van der Waals surface area contributed by atoms with Gasteiger partial charge in [-0.25, -0.2) is 0 Å². The third-order valence-corrected chi connectivity index (χ3v) is 5.39. The summed E-state index contributed by atoms with van der Waals surface area (Å²) in [5.41, 5.74) is 0. The van der Waals surface area contributed by atoms with Gasteiger partial charge in [0.1, 0.15) is 0 Å². The average Bonchev–Trinajstić information content (AvgIpc) is 2.37. The first-order chi connectivity index (χ1) is 7.95. The minimum atomic E-state index is 0.0619. The van der Waals surface area contributed by atoms with Gasteiger partial charge >= 0.3 is 0 Å². The second-order valence-electron chi connectivity index (χ2n) is 4.21. The fraction of sp³-hybridized carbons (Fsp3) is 1.00. The zero-order valence-corrected chi connectivity index (χ0v) is 11.3. The molecule has 94 valence electrons. The second kappa shape index (κ2) is 7.82. The summed E-state index contributed by atoms with van der Waals surface area (Å²) in [5, 5.41) is 3.55. The highest BCUT2D eigenvalue weighted by atomic mass is 33.1. The lowest BCUT2D eigenvalue weighted by Gasteiger charge is -2.24. The van der Waals surface area contributed by atoms with Gasteiger partial charge in [0.25, 0.3) is 0 Å². The minimum absolute atomic E-state index is 0.0619. The zero-order valence-electron chi connectivity index (χ0n) is 9.65. The van der Waals surface area contributed by atoms with E-state index in [1.807, 2.05) is 21.6 Å². The van der Waals surface area contributed by atoms with Crippen LogP contribution >= 0.6 is 21.6 Å². The third-order valence-electron chi connectivity index (χ3n) is 2.88. The molecule has 0 radical (unpaired) electrons. The van der Waals surface area contributed by atoms with Crippen molar-refractivity contribution in [2.24, 2.45) is 0 Å². The fourth-order valence-electron chi connectivity index (χ4n) is 1.92. The van der Waals surface area contributed by atoms with Gasteiger partial charge in [-0.05, 0) is 25.7 Å². The van der Waals surface area contributed by atoms with Crippen LogP contribution in [0, 0.1) is 0 Å². The van der Waals surface area contributed by atoms with Crippen molar-refractivity contribution in [2.75, 3.05) is 31.3 Å². The van der Waals surface area contributed by atoms with E-state index >= 15 is 0 Å². The highest BCUT2D eigenvalue weighted by molar-refractivity contribution is 8.76. The maximum atomic E-state index is 5.68. The van der Waals surface area contributed by atoms with E-state index in [1.54, 1.807) is 0 Å². The van der Waals surface area contributed by atoms with Gasteiger partial charge in [-0.15, -0.1) is 0 Å². The van der Waals surface area contributed by atoms with E-state index < -0.39 is 0 Å². The van der Waals surface area contributed by atoms with Crippen molar-refractivity contribution in [3.05, 3.63) is 0 Å². The average molecular weight is 263 g/mol. The Morgan fingerprint density at radius 1 is 1.25 bits per heavy atom. The maximum absolute atomic E-state index is 5.68. The van der Waals surface area contributed by atoms with Crippen molar-refractivity contribution in [1.82, 2.24) is 5.32 Å². The lowest BCUT2D eigenvalue weighted by molar-refractivity contribution is -0.161. The molecule has 16 heavy (non-hydrogen) atoms. The molecule has 0 spiro atoms. The summed E-state index contributed by atoms with van der Waals surface area (Å²) in [6.45, 7) is 2.60. The molecule has 2 aliphatic rings. The molecule has 0 aromatic carbocycles. The molecule has 2 saturated heterocycles. The van der Waals surface area contributed by atoms with Crippen molar-refractivity contribution < 1.29 is 9.47 Å². The van der Waals surface area contributed by atoms with Crippen LogP contribution < -0.4 is 5.32 Å². The Bertz CT molecular complexity index is 163. The Morgan fingerprint density at radius 2 is 2.25 bits per heavy atom. The van der Waals surface area contributed by atoms with Crippen LogP contribution in [0.25, 0.3) is 0 Å². The van der Waals surface area contributed by atoms with Crippen LogP contribution in [0.15, 0.2) is 0 Å². The van der Waals surface area contributed by atoms with E-state index in [1.165, 1.54) is 30.8 Å². The molecule has 0 aliphatic carbocycles. The normalized spacial score (nSPS) is 31.5. The topological polar surface area (TPSA) is 30.5 Å². The van der Waals surface area contributed by atoms with Crippen LogP contribution in [0.3, 0.4) is 0 Å². The van der Waals surface area contributed by atoms with Crippen LogP contribution in [0.1, 0.15) is 25.7 Å². The first kappa shape index (κ1) is 13.0. The van der Waals surface area contributed by atoms with Gasteiger partial charge in [-0.1, -0.05) is 21.6 Å².